The fraction of sp³-hybridized carbons (Fsp3) is 0.579. The Morgan fingerprint density at radius 3 is 2.35 bits per heavy atom. The van der Waals surface area contributed by atoms with Crippen molar-refractivity contribution in [3.63, 3.8) is 0 Å². The van der Waals surface area contributed by atoms with Gasteiger partial charge in [0.2, 0.25) is 5.91 Å². The van der Waals surface area contributed by atoms with Crippen molar-refractivity contribution < 1.29 is 9.53 Å². The van der Waals surface area contributed by atoms with E-state index < -0.39 is 0 Å². The minimum absolute atomic E-state index is 0. The van der Waals surface area contributed by atoms with Crippen LogP contribution in [-0.2, 0) is 16.0 Å². The molecule has 0 saturated carbocycles. The minimum atomic E-state index is -0.0579. The lowest BCUT2D eigenvalue weighted by Gasteiger charge is -2.12. The number of nitrogens with zero attached hydrogens (tertiary/aromatic N) is 1. The van der Waals surface area contributed by atoms with Crippen molar-refractivity contribution in [3.05, 3.63) is 29.8 Å². The van der Waals surface area contributed by atoms with E-state index in [2.05, 4.69) is 34.8 Å². The molecule has 0 spiro atoms. The van der Waals surface area contributed by atoms with Gasteiger partial charge in [0.25, 0.3) is 0 Å². The van der Waals surface area contributed by atoms with Gasteiger partial charge in [-0.25, -0.2) is 0 Å². The average Bonchev–Trinajstić information content (AvgIpc) is 2.57. The summed E-state index contributed by atoms with van der Waals surface area (Å²) in [6.45, 7) is 8.90. The Bertz CT molecular complexity index is 533. The first-order chi connectivity index (χ1) is 12.0. The van der Waals surface area contributed by atoms with Crippen LogP contribution in [0.5, 0.6) is 0 Å². The first-order valence-electron chi connectivity index (χ1n) is 8.90. The number of hydrogen-bond donors (Lipinski definition) is 3. The highest BCUT2D eigenvalue weighted by Gasteiger charge is 2.00. The number of hydrogen-bond acceptors (Lipinski definition) is 3. The van der Waals surface area contributed by atoms with Crippen molar-refractivity contribution >= 4 is 41.5 Å². The summed E-state index contributed by atoms with van der Waals surface area (Å²) in [5.41, 5.74) is 2.02. The maximum Gasteiger partial charge on any atom is 0.221 e. The number of rotatable bonds is 10. The Hall–Kier alpha value is -1.35. The van der Waals surface area contributed by atoms with Crippen molar-refractivity contribution in [2.75, 3.05) is 38.7 Å². The summed E-state index contributed by atoms with van der Waals surface area (Å²) in [6, 6.07) is 7.87. The molecule has 0 atom stereocenters. The zero-order valence-electron chi connectivity index (χ0n) is 16.3. The van der Waals surface area contributed by atoms with E-state index >= 15 is 0 Å². The number of guanidine groups is 1. The number of carbonyl (C=O) groups is 1. The molecule has 3 N–H and O–H groups in total. The van der Waals surface area contributed by atoms with Crippen LogP contribution >= 0.6 is 24.0 Å². The van der Waals surface area contributed by atoms with Crippen molar-refractivity contribution in [2.24, 2.45) is 10.9 Å². The highest BCUT2D eigenvalue weighted by molar-refractivity contribution is 14.0. The third-order valence-electron chi connectivity index (χ3n) is 3.58. The zero-order chi connectivity index (χ0) is 18.5. The Morgan fingerprint density at radius 2 is 1.77 bits per heavy atom. The third-order valence-corrected chi connectivity index (χ3v) is 3.58. The average molecular weight is 476 g/mol. The van der Waals surface area contributed by atoms with E-state index in [0.717, 1.165) is 44.2 Å². The highest BCUT2D eigenvalue weighted by Crippen LogP contribution is 2.09. The molecule has 1 amide bonds. The van der Waals surface area contributed by atoms with Gasteiger partial charge in [-0.3, -0.25) is 9.79 Å². The maximum absolute atomic E-state index is 11.0. The van der Waals surface area contributed by atoms with Crippen molar-refractivity contribution in [2.45, 2.75) is 33.6 Å². The molecule has 0 fully saturated rings. The van der Waals surface area contributed by atoms with E-state index in [1.807, 2.05) is 24.3 Å². The van der Waals surface area contributed by atoms with Gasteiger partial charge in [0.1, 0.15) is 0 Å². The molecule has 1 aromatic carbocycles. The summed E-state index contributed by atoms with van der Waals surface area (Å²) >= 11 is 0. The van der Waals surface area contributed by atoms with Crippen LogP contribution < -0.4 is 16.0 Å². The predicted octanol–water partition coefficient (Wildman–Crippen LogP) is 3.03. The lowest BCUT2D eigenvalue weighted by molar-refractivity contribution is -0.114. The summed E-state index contributed by atoms with van der Waals surface area (Å²) in [7, 11) is 1.76. The molecule has 0 heterocycles. The van der Waals surface area contributed by atoms with Crippen molar-refractivity contribution in [1.29, 1.82) is 0 Å². The number of nitrogens with one attached hydrogen (secondary N) is 3. The lowest BCUT2D eigenvalue weighted by Crippen LogP contribution is -2.39. The topological polar surface area (TPSA) is 74.8 Å². The van der Waals surface area contributed by atoms with Crippen molar-refractivity contribution in [3.8, 4) is 0 Å². The molecular formula is C19H33IN4O2. The molecule has 148 valence electrons. The fourth-order valence-electron chi connectivity index (χ4n) is 2.17. The van der Waals surface area contributed by atoms with Gasteiger partial charge >= 0.3 is 0 Å². The summed E-state index contributed by atoms with van der Waals surface area (Å²) in [5.74, 6) is 1.40. The normalized spacial score (nSPS) is 11.0. The number of aliphatic imine (C=N–C) groups is 1. The van der Waals surface area contributed by atoms with Gasteiger partial charge in [-0.2, -0.15) is 0 Å². The summed E-state index contributed by atoms with van der Waals surface area (Å²) < 4.78 is 5.58. The van der Waals surface area contributed by atoms with Gasteiger partial charge < -0.3 is 20.7 Å². The SMILES string of the molecule is CN=C(NCCOCCC(C)C)NCCc1ccc(NC(C)=O)cc1.I. The van der Waals surface area contributed by atoms with Gasteiger partial charge in [-0.15, -0.1) is 24.0 Å². The molecular weight excluding hydrogens is 443 g/mol. The number of anilines is 1. The largest absolute Gasteiger partial charge is 0.380 e. The fourth-order valence-corrected chi connectivity index (χ4v) is 2.17. The Morgan fingerprint density at radius 1 is 1.12 bits per heavy atom. The molecule has 0 radical (unpaired) electrons. The molecule has 1 aromatic rings. The maximum atomic E-state index is 11.0. The first-order valence-corrected chi connectivity index (χ1v) is 8.90. The van der Waals surface area contributed by atoms with E-state index in [0.29, 0.717) is 12.5 Å². The molecule has 6 nitrogen and oxygen atoms in total. The highest BCUT2D eigenvalue weighted by atomic mass is 127. The van der Waals surface area contributed by atoms with Crippen LogP contribution in [0, 0.1) is 5.92 Å². The molecule has 1 rings (SSSR count). The molecule has 0 saturated heterocycles. The second-order valence-corrected chi connectivity index (χ2v) is 6.35. The van der Waals surface area contributed by atoms with Gasteiger partial charge in [0, 0.05) is 39.4 Å². The Kier molecular flexibility index (Phi) is 14.0. The molecule has 0 unspecified atom stereocenters. The van der Waals surface area contributed by atoms with Crippen LogP contribution in [0.2, 0.25) is 0 Å². The van der Waals surface area contributed by atoms with Crippen molar-refractivity contribution in [1.82, 2.24) is 10.6 Å². The van der Waals surface area contributed by atoms with Crippen LogP contribution in [0.15, 0.2) is 29.3 Å². The second kappa shape index (κ2) is 14.8. The summed E-state index contributed by atoms with van der Waals surface area (Å²) in [5, 5.41) is 9.29. The molecule has 7 heteroatoms. The van der Waals surface area contributed by atoms with Gasteiger partial charge in [-0.05, 0) is 36.5 Å². The number of ether oxygens (including phenoxy) is 1. The second-order valence-electron chi connectivity index (χ2n) is 6.35. The number of amides is 1. The first kappa shape index (κ1) is 24.7. The molecule has 26 heavy (non-hydrogen) atoms. The van der Waals surface area contributed by atoms with E-state index in [1.165, 1.54) is 12.5 Å². The van der Waals surface area contributed by atoms with E-state index in [4.69, 9.17) is 4.74 Å². The van der Waals surface area contributed by atoms with Crippen LogP contribution in [0.1, 0.15) is 32.8 Å². The number of benzene rings is 1. The van der Waals surface area contributed by atoms with Crippen LogP contribution in [-0.4, -0.2) is 45.2 Å². The van der Waals surface area contributed by atoms with Gasteiger partial charge in [-0.1, -0.05) is 26.0 Å². The lowest BCUT2D eigenvalue weighted by atomic mass is 10.1. The van der Waals surface area contributed by atoms with E-state index in [1.54, 1.807) is 7.05 Å². The molecule has 0 bridgehead atoms. The van der Waals surface area contributed by atoms with E-state index in [9.17, 15) is 4.79 Å². The number of halogens is 1. The Balaban J connectivity index is 0.00000625. The zero-order valence-corrected chi connectivity index (χ0v) is 18.6. The molecule has 0 aromatic heterocycles. The summed E-state index contributed by atoms with van der Waals surface area (Å²) in [6.07, 6.45) is 1.97. The van der Waals surface area contributed by atoms with E-state index in [-0.39, 0.29) is 29.9 Å². The standard InChI is InChI=1S/C19H32N4O2.HI/c1-15(2)10-13-25-14-12-22-19(20-4)21-11-9-17-5-7-18(8-6-17)23-16(3)24;/h5-8,15H,9-14H2,1-4H3,(H,23,24)(H2,20,21,22);1H. The predicted molar refractivity (Wildman–Crippen MR) is 120 cm³/mol. The number of carbonyl (C=O) groups excluding carboxylic acids is 1. The quantitative estimate of drug-likeness (QED) is 0.210. The van der Waals surface area contributed by atoms with Gasteiger partial charge in [0.05, 0.1) is 6.61 Å². The molecule has 0 aliphatic heterocycles. The summed E-state index contributed by atoms with van der Waals surface area (Å²) in [4.78, 5) is 15.2. The van der Waals surface area contributed by atoms with Crippen LogP contribution in [0.4, 0.5) is 5.69 Å². The van der Waals surface area contributed by atoms with Crippen LogP contribution in [0.3, 0.4) is 0 Å². The van der Waals surface area contributed by atoms with Gasteiger partial charge in [0.15, 0.2) is 5.96 Å². The minimum Gasteiger partial charge on any atom is -0.380 e. The Labute approximate surface area is 174 Å². The molecule has 0 aliphatic carbocycles. The smallest absolute Gasteiger partial charge is 0.221 e. The monoisotopic (exact) mass is 476 g/mol. The third kappa shape index (κ3) is 12.1. The molecule has 0 aliphatic rings. The van der Waals surface area contributed by atoms with Crippen LogP contribution in [0.25, 0.3) is 0 Å².